The van der Waals surface area contributed by atoms with Crippen LogP contribution >= 0.6 is 0 Å². The lowest BCUT2D eigenvalue weighted by Gasteiger charge is -2.31. The monoisotopic (exact) mass is 275 g/mol. The molecular weight excluding hydrogens is 259 g/mol. The van der Waals surface area contributed by atoms with Gasteiger partial charge in [0.1, 0.15) is 5.82 Å². The molecule has 2 rings (SSSR count). The Labute approximate surface area is 108 Å². The van der Waals surface area contributed by atoms with Crippen LogP contribution in [0.2, 0.25) is 0 Å². The molecule has 0 aliphatic heterocycles. The summed E-state index contributed by atoms with van der Waals surface area (Å²) in [4.78, 5) is 18.6. The number of carbonyl (C=O) groups excluding carboxylic acids is 1. The summed E-state index contributed by atoms with van der Waals surface area (Å²) in [5.41, 5.74) is 0. The Balaban J connectivity index is 1.95. The summed E-state index contributed by atoms with van der Waals surface area (Å²) >= 11 is 0. The van der Waals surface area contributed by atoms with Crippen molar-refractivity contribution >= 4 is 5.91 Å². The smallest absolute Gasteiger partial charge is 0.349 e. The number of imidazole rings is 1. The van der Waals surface area contributed by atoms with E-state index in [0.717, 1.165) is 0 Å². The molecule has 106 valence electrons. The molecule has 1 fully saturated rings. The summed E-state index contributed by atoms with van der Waals surface area (Å²) in [6.45, 7) is 0.132. The normalized spacial score (nSPS) is 24.2. The summed E-state index contributed by atoms with van der Waals surface area (Å²) in [5, 5.41) is 2.52. The first-order valence-corrected chi connectivity index (χ1v) is 6.31. The molecule has 1 aromatic heterocycles. The number of hydrogen-bond donors (Lipinski definition) is 2. The van der Waals surface area contributed by atoms with Crippen LogP contribution in [0.5, 0.6) is 0 Å². The maximum absolute atomic E-state index is 12.9. The standard InChI is InChI=1S/C12H16F3N3O/c13-12(14,15)9-4-2-1-3-8(9)11(19)18-7-10-16-5-6-17-10/h5-6,8-9H,1-4,7H2,(H,16,17)(H,18,19). The van der Waals surface area contributed by atoms with Crippen LogP contribution in [0, 0.1) is 11.8 Å². The van der Waals surface area contributed by atoms with Crippen molar-refractivity contribution < 1.29 is 18.0 Å². The number of halogens is 3. The minimum atomic E-state index is -4.30. The highest BCUT2D eigenvalue weighted by Crippen LogP contribution is 2.41. The van der Waals surface area contributed by atoms with Gasteiger partial charge in [-0.15, -0.1) is 0 Å². The zero-order valence-electron chi connectivity index (χ0n) is 10.3. The number of aromatic amines is 1. The van der Waals surface area contributed by atoms with Gasteiger partial charge in [-0.25, -0.2) is 4.98 Å². The lowest BCUT2D eigenvalue weighted by atomic mass is 9.78. The summed E-state index contributed by atoms with van der Waals surface area (Å²) in [5.74, 6) is -2.48. The van der Waals surface area contributed by atoms with E-state index in [0.29, 0.717) is 25.1 Å². The highest BCUT2D eigenvalue weighted by atomic mass is 19.4. The number of nitrogens with zero attached hydrogens (tertiary/aromatic N) is 1. The molecule has 0 radical (unpaired) electrons. The number of alkyl halides is 3. The van der Waals surface area contributed by atoms with Crippen LogP contribution in [-0.4, -0.2) is 22.1 Å². The molecule has 0 saturated heterocycles. The Morgan fingerprint density at radius 3 is 2.79 bits per heavy atom. The summed E-state index contributed by atoms with van der Waals surface area (Å²) in [7, 11) is 0. The fraction of sp³-hybridized carbons (Fsp3) is 0.667. The van der Waals surface area contributed by atoms with Crippen molar-refractivity contribution in [2.45, 2.75) is 38.4 Å². The second kappa shape index (κ2) is 5.63. The molecule has 0 bridgehead atoms. The van der Waals surface area contributed by atoms with E-state index in [4.69, 9.17) is 0 Å². The number of hydrogen-bond acceptors (Lipinski definition) is 2. The second-order valence-electron chi connectivity index (χ2n) is 4.79. The van der Waals surface area contributed by atoms with E-state index in [-0.39, 0.29) is 13.0 Å². The molecule has 0 aromatic carbocycles. The third-order valence-corrected chi connectivity index (χ3v) is 3.51. The summed E-state index contributed by atoms with van der Waals surface area (Å²) in [6, 6.07) is 0. The van der Waals surface area contributed by atoms with Crippen molar-refractivity contribution in [1.29, 1.82) is 0 Å². The van der Waals surface area contributed by atoms with Crippen LogP contribution in [0.4, 0.5) is 13.2 Å². The van der Waals surface area contributed by atoms with Crippen LogP contribution < -0.4 is 5.32 Å². The van der Waals surface area contributed by atoms with Crippen molar-refractivity contribution in [1.82, 2.24) is 15.3 Å². The molecule has 1 heterocycles. The first-order valence-electron chi connectivity index (χ1n) is 6.31. The van der Waals surface area contributed by atoms with Gasteiger partial charge in [0.05, 0.1) is 12.5 Å². The maximum atomic E-state index is 12.9. The zero-order chi connectivity index (χ0) is 13.9. The molecule has 7 heteroatoms. The Morgan fingerprint density at radius 2 is 2.16 bits per heavy atom. The Kier molecular flexibility index (Phi) is 4.11. The van der Waals surface area contributed by atoms with Crippen molar-refractivity contribution in [3.05, 3.63) is 18.2 Å². The van der Waals surface area contributed by atoms with Crippen molar-refractivity contribution in [2.75, 3.05) is 0 Å². The number of nitrogens with one attached hydrogen (secondary N) is 2. The minimum Gasteiger partial charge on any atom is -0.349 e. The number of H-pyrrole nitrogens is 1. The van der Waals surface area contributed by atoms with E-state index < -0.39 is 23.9 Å². The molecule has 1 aliphatic carbocycles. The predicted molar refractivity (Wildman–Crippen MR) is 61.9 cm³/mol. The number of rotatable bonds is 3. The van der Waals surface area contributed by atoms with Crippen LogP contribution in [0.25, 0.3) is 0 Å². The van der Waals surface area contributed by atoms with Crippen molar-refractivity contribution in [3.8, 4) is 0 Å². The Morgan fingerprint density at radius 1 is 1.42 bits per heavy atom. The summed E-state index contributed by atoms with van der Waals surface area (Å²) in [6.07, 6.45) is 0.377. The van der Waals surface area contributed by atoms with Gasteiger partial charge >= 0.3 is 6.18 Å². The molecule has 4 nitrogen and oxygen atoms in total. The molecular formula is C12H16F3N3O. The quantitative estimate of drug-likeness (QED) is 0.890. The van der Waals surface area contributed by atoms with E-state index in [1.165, 1.54) is 6.20 Å². The van der Waals surface area contributed by atoms with Crippen LogP contribution in [0.3, 0.4) is 0 Å². The van der Waals surface area contributed by atoms with Crippen LogP contribution in [0.15, 0.2) is 12.4 Å². The fourth-order valence-corrected chi connectivity index (χ4v) is 2.53. The van der Waals surface area contributed by atoms with E-state index in [1.54, 1.807) is 6.20 Å². The van der Waals surface area contributed by atoms with Gasteiger partial charge in [-0.05, 0) is 12.8 Å². The highest BCUT2D eigenvalue weighted by molar-refractivity contribution is 5.79. The van der Waals surface area contributed by atoms with Crippen LogP contribution in [-0.2, 0) is 11.3 Å². The van der Waals surface area contributed by atoms with Crippen molar-refractivity contribution in [2.24, 2.45) is 11.8 Å². The summed E-state index contributed by atoms with van der Waals surface area (Å²) < 4.78 is 38.6. The van der Waals surface area contributed by atoms with E-state index in [1.807, 2.05) is 0 Å². The van der Waals surface area contributed by atoms with Gasteiger partial charge in [-0.1, -0.05) is 12.8 Å². The molecule has 1 amide bonds. The first kappa shape index (κ1) is 13.9. The predicted octanol–water partition coefficient (Wildman–Crippen LogP) is 2.39. The number of aromatic nitrogens is 2. The second-order valence-corrected chi connectivity index (χ2v) is 4.79. The van der Waals surface area contributed by atoms with Crippen molar-refractivity contribution in [3.63, 3.8) is 0 Å². The van der Waals surface area contributed by atoms with Gasteiger partial charge in [0.2, 0.25) is 5.91 Å². The van der Waals surface area contributed by atoms with E-state index >= 15 is 0 Å². The third kappa shape index (κ3) is 3.48. The fourth-order valence-electron chi connectivity index (χ4n) is 2.53. The van der Waals surface area contributed by atoms with Gasteiger partial charge in [0.25, 0.3) is 0 Å². The maximum Gasteiger partial charge on any atom is 0.392 e. The number of carbonyl (C=O) groups is 1. The van der Waals surface area contributed by atoms with Gasteiger partial charge in [-0.2, -0.15) is 13.2 Å². The average molecular weight is 275 g/mol. The Hall–Kier alpha value is -1.53. The molecule has 2 atom stereocenters. The van der Waals surface area contributed by atoms with Gasteiger partial charge < -0.3 is 10.3 Å². The third-order valence-electron chi connectivity index (χ3n) is 3.51. The topological polar surface area (TPSA) is 57.8 Å². The molecule has 19 heavy (non-hydrogen) atoms. The lowest BCUT2D eigenvalue weighted by Crippen LogP contribution is -2.42. The molecule has 2 unspecified atom stereocenters. The molecule has 1 aromatic rings. The SMILES string of the molecule is O=C(NCc1ncc[nH]1)C1CCCCC1C(F)(F)F. The van der Waals surface area contributed by atoms with Gasteiger partial charge in [-0.3, -0.25) is 4.79 Å². The molecule has 0 spiro atoms. The average Bonchev–Trinajstić information content (AvgIpc) is 2.88. The molecule has 2 N–H and O–H groups in total. The van der Waals surface area contributed by atoms with E-state index in [2.05, 4.69) is 15.3 Å². The lowest BCUT2D eigenvalue weighted by molar-refractivity contribution is -0.198. The zero-order valence-corrected chi connectivity index (χ0v) is 10.3. The largest absolute Gasteiger partial charge is 0.392 e. The van der Waals surface area contributed by atoms with Crippen LogP contribution in [0.1, 0.15) is 31.5 Å². The minimum absolute atomic E-state index is 0.0440. The van der Waals surface area contributed by atoms with E-state index in [9.17, 15) is 18.0 Å². The Bertz CT molecular complexity index is 416. The van der Waals surface area contributed by atoms with Gasteiger partial charge in [0, 0.05) is 18.3 Å². The molecule has 1 aliphatic rings. The first-order chi connectivity index (χ1) is 8.98. The number of amides is 1. The molecule has 1 saturated carbocycles. The highest BCUT2D eigenvalue weighted by Gasteiger charge is 2.47. The van der Waals surface area contributed by atoms with Gasteiger partial charge in [0.15, 0.2) is 0 Å².